The molecular formula is C26H29FN8OS. The number of fused-ring (bicyclic) bond motifs is 4. The van der Waals surface area contributed by atoms with Crippen LogP contribution in [0.5, 0.6) is 6.01 Å². The maximum Gasteiger partial charge on any atom is 0.318 e. The van der Waals surface area contributed by atoms with Gasteiger partial charge >= 0.3 is 6.01 Å². The second-order valence-electron chi connectivity index (χ2n) is 11.3. The molecule has 0 radical (unpaired) electrons. The van der Waals surface area contributed by atoms with Gasteiger partial charge in [-0.3, -0.25) is 9.80 Å². The smallest absolute Gasteiger partial charge is 0.318 e. The minimum absolute atomic E-state index is 0.0678. The van der Waals surface area contributed by atoms with Crippen molar-refractivity contribution in [3.8, 4) is 18.1 Å². The fraction of sp³-hybridized carbons (Fsp3) is 0.615. The van der Waals surface area contributed by atoms with Crippen LogP contribution in [0.4, 0.5) is 15.2 Å². The standard InChI is InChI=1S/C26H29FN8OS/c27-16-8-26(3-1-6-35(26)10-16)15-36-24-31-19-12-33(7-5-28)11-18(19)23(32-24)34-13-25(14-34)4-2-20-21(25)17(9-29)22(30)37-20/h16H,1-4,6-8,10-15,30H2/t16?,26-/m0/s1. The van der Waals surface area contributed by atoms with Gasteiger partial charge in [0.1, 0.15) is 29.7 Å². The van der Waals surface area contributed by atoms with Gasteiger partial charge in [0, 0.05) is 55.0 Å². The van der Waals surface area contributed by atoms with Gasteiger partial charge < -0.3 is 15.4 Å². The number of aromatic nitrogens is 2. The summed E-state index contributed by atoms with van der Waals surface area (Å²) < 4.78 is 20.5. The summed E-state index contributed by atoms with van der Waals surface area (Å²) in [4.78, 5) is 17.4. The Kier molecular flexibility index (Phi) is 5.17. The van der Waals surface area contributed by atoms with E-state index >= 15 is 0 Å². The summed E-state index contributed by atoms with van der Waals surface area (Å²) in [6, 6.07) is 4.92. The summed E-state index contributed by atoms with van der Waals surface area (Å²) in [5, 5.41) is 19.6. The van der Waals surface area contributed by atoms with E-state index in [-0.39, 0.29) is 11.0 Å². The van der Waals surface area contributed by atoms with Crippen LogP contribution in [0, 0.1) is 22.7 Å². The van der Waals surface area contributed by atoms with Crippen LogP contribution in [-0.2, 0) is 24.9 Å². The van der Waals surface area contributed by atoms with Crippen LogP contribution >= 0.6 is 11.3 Å². The molecule has 0 aromatic carbocycles. The SMILES string of the molecule is N#CCN1Cc2nc(OC[C@@]34CCCN3CC(F)C4)nc(N3CC4(CCc5sc(N)c(C#N)c54)C3)c2C1. The molecule has 0 bridgehead atoms. The van der Waals surface area contributed by atoms with E-state index in [1.54, 1.807) is 11.3 Å². The molecule has 1 unspecified atom stereocenters. The quantitative estimate of drug-likeness (QED) is 0.593. The van der Waals surface area contributed by atoms with Gasteiger partial charge in [-0.15, -0.1) is 11.3 Å². The van der Waals surface area contributed by atoms with Crippen molar-refractivity contribution in [3.05, 3.63) is 27.3 Å². The molecule has 3 saturated heterocycles. The highest BCUT2D eigenvalue weighted by molar-refractivity contribution is 7.16. The van der Waals surface area contributed by atoms with Crippen LogP contribution in [-0.4, -0.2) is 70.8 Å². The minimum Gasteiger partial charge on any atom is -0.461 e. The van der Waals surface area contributed by atoms with Gasteiger partial charge in [-0.25, -0.2) is 4.39 Å². The van der Waals surface area contributed by atoms with Gasteiger partial charge in [-0.2, -0.15) is 20.5 Å². The normalized spacial score (nSPS) is 27.5. The van der Waals surface area contributed by atoms with Crippen molar-refractivity contribution in [2.75, 3.05) is 50.0 Å². The van der Waals surface area contributed by atoms with Gasteiger partial charge in [-0.1, -0.05) is 0 Å². The fourth-order valence-electron chi connectivity index (χ4n) is 7.44. The van der Waals surface area contributed by atoms with Gasteiger partial charge in [-0.05, 0) is 37.8 Å². The second-order valence-corrected chi connectivity index (χ2v) is 12.4. The van der Waals surface area contributed by atoms with Crippen molar-refractivity contribution >= 4 is 22.2 Å². The first-order valence-corrected chi connectivity index (χ1v) is 13.8. The number of nitrogen functional groups attached to an aromatic ring is 1. The maximum absolute atomic E-state index is 14.2. The van der Waals surface area contributed by atoms with E-state index in [1.165, 1.54) is 4.88 Å². The molecule has 0 saturated carbocycles. The van der Waals surface area contributed by atoms with Crippen molar-refractivity contribution in [2.24, 2.45) is 0 Å². The molecule has 9 nitrogen and oxygen atoms in total. The summed E-state index contributed by atoms with van der Waals surface area (Å²) in [6.45, 7) is 4.87. The number of aryl methyl sites for hydroxylation is 1. The Balaban J connectivity index is 1.17. The first kappa shape index (κ1) is 23.2. The number of halogens is 1. The summed E-state index contributed by atoms with van der Waals surface area (Å²) in [5.74, 6) is 0.858. The van der Waals surface area contributed by atoms with Crippen LogP contribution in [0.15, 0.2) is 0 Å². The summed E-state index contributed by atoms with van der Waals surface area (Å²) >= 11 is 1.55. The van der Waals surface area contributed by atoms with E-state index in [0.717, 1.165) is 68.0 Å². The first-order valence-electron chi connectivity index (χ1n) is 13.0. The van der Waals surface area contributed by atoms with Crippen molar-refractivity contribution in [1.82, 2.24) is 19.8 Å². The third kappa shape index (κ3) is 3.44. The van der Waals surface area contributed by atoms with Gasteiger partial charge in [0.15, 0.2) is 0 Å². The average molecular weight is 521 g/mol. The number of nitriles is 2. The molecule has 7 rings (SSSR count). The lowest BCUT2D eigenvalue weighted by molar-refractivity contribution is 0.107. The summed E-state index contributed by atoms with van der Waals surface area (Å²) in [6.07, 6.45) is 3.66. The molecule has 6 heterocycles. The molecule has 192 valence electrons. The molecule has 37 heavy (non-hydrogen) atoms. The number of alkyl halides is 1. The third-order valence-electron chi connectivity index (χ3n) is 9.10. The predicted molar refractivity (Wildman–Crippen MR) is 136 cm³/mol. The van der Waals surface area contributed by atoms with E-state index in [0.29, 0.717) is 55.8 Å². The second kappa shape index (κ2) is 8.26. The molecule has 2 atom stereocenters. The van der Waals surface area contributed by atoms with Crippen LogP contribution in [0.1, 0.15) is 52.9 Å². The number of hydrogen-bond donors (Lipinski definition) is 1. The predicted octanol–water partition coefficient (Wildman–Crippen LogP) is 2.49. The Morgan fingerprint density at radius 1 is 1.22 bits per heavy atom. The molecule has 11 heteroatoms. The van der Waals surface area contributed by atoms with Crippen LogP contribution in [0.25, 0.3) is 0 Å². The lowest BCUT2D eigenvalue weighted by atomic mass is 9.74. The first-order chi connectivity index (χ1) is 17.9. The fourth-order valence-corrected chi connectivity index (χ4v) is 8.58. The lowest BCUT2D eigenvalue weighted by Gasteiger charge is -2.49. The van der Waals surface area contributed by atoms with Crippen molar-refractivity contribution in [3.63, 3.8) is 0 Å². The molecule has 2 aromatic rings. The van der Waals surface area contributed by atoms with E-state index < -0.39 is 6.17 Å². The number of anilines is 2. The van der Waals surface area contributed by atoms with Gasteiger partial charge in [0.2, 0.25) is 0 Å². The van der Waals surface area contributed by atoms with Crippen molar-refractivity contribution in [1.29, 1.82) is 10.5 Å². The highest BCUT2D eigenvalue weighted by Crippen LogP contribution is 2.53. The Morgan fingerprint density at radius 2 is 2.08 bits per heavy atom. The summed E-state index contributed by atoms with van der Waals surface area (Å²) in [7, 11) is 0. The molecular weight excluding hydrogens is 491 g/mol. The number of nitrogens with zero attached hydrogens (tertiary/aromatic N) is 7. The topological polar surface area (TPSA) is 118 Å². The molecule has 2 N–H and O–H groups in total. The lowest BCUT2D eigenvalue weighted by Crippen LogP contribution is -2.59. The average Bonchev–Trinajstić information content (AvgIpc) is 3.62. The Labute approximate surface area is 219 Å². The van der Waals surface area contributed by atoms with E-state index in [4.69, 9.17) is 20.4 Å². The number of hydrogen-bond acceptors (Lipinski definition) is 10. The number of nitrogens with two attached hydrogens (primary N) is 1. The van der Waals surface area contributed by atoms with Gasteiger partial charge in [0.25, 0.3) is 0 Å². The largest absolute Gasteiger partial charge is 0.461 e. The molecule has 5 aliphatic rings. The van der Waals surface area contributed by atoms with E-state index in [2.05, 4.69) is 26.8 Å². The molecule has 4 aliphatic heterocycles. The Morgan fingerprint density at radius 3 is 2.89 bits per heavy atom. The number of thiophene rings is 1. The Bertz CT molecular complexity index is 1360. The highest BCUT2D eigenvalue weighted by atomic mass is 32.1. The van der Waals surface area contributed by atoms with Crippen molar-refractivity contribution in [2.45, 2.75) is 62.3 Å². The maximum atomic E-state index is 14.2. The molecule has 0 amide bonds. The molecule has 2 aromatic heterocycles. The van der Waals surface area contributed by atoms with Crippen LogP contribution < -0.4 is 15.4 Å². The monoisotopic (exact) mass is 520 g/mol. The number of rotatable bonds is 5. The molecule has 1 aliphatic carbocycles. The zero-order chi connectivity index (χ0) is 25.4. The zero-order valence-corrected chi connectivity index (χ0v) is 21.5. The van der Waals surface area contributed by atoms with Crippen molar-refractivity contribution < 1.29 is 9.13 Å². The van der Waals surface area contributed by atoms with Crippen LogP contribution in [0.2, 0.25) is 0 Å². The highest BCUT2D eigenvalue weighted by Gasteiger charge is 2.53. The number of ether oxygens (including phenoxy) is 1. The molecule has 3 fully saturated rings. The molecule has 1 spiro atoms. The van der Waals surface area contributed by atoms with E-state index in [1.807, 2.05) is 0 Å². The van der Waals surface area contributed by atoms with E-state index in [9.17, 15) is 14.9 Å². The van der Waals surface area contributed by atoms with Crippen LogP contribution in [0.3, 0.4) is 0 Å². The Hall–Kier alpha value is -2.99. The zero-order valence-electron chi connectivity index (χ0n) is 20.7. The third-order valence-corrected chi connectivity index (χ3v) is 10.2. The summed E-state index contributed by atoms with van der Waals surface area (Å²) in [5.41, 5.74) is 9.57. The minimum atomic E-state index is -0.807. The van der Waals surface area contributed by atoms with Gasteiger partial charge in [0.05, 0.1) is 29.4 Å².